The Kier molecular flexibility index (Phi) is 6.65. The van der Waals surface area contributed by atoms with E-state index in [1.165, 1.54) is 18.4 Å². The minimum Gasteiger partial charge on any atom is -0.447 e. The zero-order chi connectivity index (χ0) is 21.8. The summed E-state index contributed by atoms with van der Waals surface area (Å²) in [6.45, 7) is 6.80. The fraction of sp³-hybridized carbons (Fsp3) is 0.304. The van der Waals surface area contributed by atoms with Crippen LogP contribution in [0.1, 0.15) is 27.5 Å². The summed E-state index contributed by atoms with van der Waals surface area (Å²) < 4.78 is 18.6. The van der Waals surface area contributed by atoms with Crippen LogP contribution in [0.25, 0.3) is 0 Å². The van der Waals surface area contributed by atoms with E-state index >= 15 is 0 Å². The number of piperazine rings is 1. The van der Waals surface area contributed by atoms with Crippen molar-refractivity contribution < 1.29 is 13.6 Å². The van der Waals surface area contributed by atoms with Gasteiger partial charge in [-0.3, -0.25) is 14.6 Å². The Balaban J connectivity index is 1.26. The Labute approximate surface area is 185 Å². The number of carbonyl (C=O) groups is 1. The van der Waals surface area contributed by atoms with Crippen molar-refractivity contribution in [3.63, 3.8) is 0 Å². The molecule has 1 saturated heterocycles. The molecule has 1 aliphatic rings. The summed E-state index contributed by atoms with van der Waals surface area (Å²) in [6.07, 6.45) is 1.38. The molecule has 1 N–H and O–H groups in total. The lowest BCUT2D eigenvalue weighted by Crippen LogP contribution is -2.45. The summed E-state index contributed by atoms with van der Waals surface area (Å²) in [4.78, 5) is 21.3. The summed E-state index contributed by atoms with van der Waals surface area (Å²) in [5.74, 6) is -0.0339. The van der Waals surface area contributed by atoms with Crippen LogP contribution in [-0.4, -0.2) is 46.9 Å². The molecule has 0 aliphatic carbocycles. The molecule has 8 heteroatoms. The van der Waals surface area contributed by atoms with Gasteiger partial charge in [-0.2, -0.15) is 0 Å². The van der Waals surface area contributed by atoms with Gasteiger partial charge in [-0.1, -0.05) is 29.8 Å². The van der Waals surface area contributed by atoms with Gasteiger partial charge in [0.1, 0.15) is 12.1 Å². The molecule has 0 unspecified atom stereocenters. The van der Waals surface area contributed by atoms with Crippen LogP contribution in [0.4, 0.5) is 10.1 Å². The molecule has 162 valence electrons. The average molecular weight is 443 g/mol. The lowest BCUT2D eigenvalue weighted by molar-refractivity contribution is 0.102. The number of amides is 1. The minimum atomic E-state index is -0.334. The number of benzene rings is 2. The van der Waals surface area contributed by atoms with Crippen molar-refractivity contribution in [2.24, 2.45) is 0 Å². The van der Waals surface area contributed by atoms with Gasteiger partial charge in [0, 0.05) is 43.4 Å². The number of hydrogen-bond acceptors (Lipinski definition) is 5. The molecule has 0 spiro atoms. The first kappa shape index (κ1) is 21.5. The van der Waals surface area contributed by atoms with Crippen LogP contribution in [0.5, 0.6) is 0 Å². The molecule has 4 rings (SSSR count). The molecule has 0 radical (unpaired) electrons. The third-order valence-electron chi connectivity index (χ3n) is 5.36. The van der Waals surface area contributed by atoms with Gasteiger partial charge in [0.05, 0.1) is 6.54 Å². The monoisotopic (exact) mass is 442 g/mol. The van der Waals surface area contributed by atoms with E-state index in [1.807, 2.05) is 25.1 Å². The third kappa shape index (κ3) is 5.70. The number of aromatic nitrogens is 1. The zero-order valence-electron chi connectivity index (χ0n) is 17.3. The van der Waals surface area contributed by atoms with Gasteiger partial charge in [-0.25, -0.2) is 9.37 Å². The van der Waals surface area contributed by atoms with E-state index in [0.29, 0.717) is 23.1 Å². The first-order chi connectivity index (χ1) is 15.0. The van der Waals surface area contributed by atoms with E-state index in [-0.39, 0.29) is 17.4 Å². The van der Waals surface area contributed by atoms with Crippen LogP contribution in [0.15, 0.2) is 53.1 Å². The lowest BCUT2D eigenvalue weighted by Gasteiger charge is -2.34. The number of nitrogens with zero attached hydrogens (tertiary/aromatic N) is 3. The summed E-state index contributed by atoms with van der Waals surface area (Å²) >= 11 is 6.11. The predicted molar refractivity (Wildman–Crippen MR) is 118 cm³/mol. The maximum atomic E-state index is 13.0. The Morgan fingerprint density at radius 1 is 1.10 bits per heavy atom. The summed E-state index contributed by atoms with van der Waals surface area (Å²) in [5, 5.41) is 3.38. The van der Waals surface area contributed by atoms with Gasteiger partial charge < -0.3 is 9.73 Å². The van der Waals surface area contributed by atoms with E-state index in [1.54, 1.807) is 12.1 Å². The molecule has 0 bridgehead atoms. The molecule has 1 fully saturated rings. The molecule has 1 aromatic heterocycles. The highest BCUT2D eigenvalue weighted by atomic mass is 35.5. The van der Waals surface area contributed by atoms with Crippen molar-refractivity contribution in [3.8, 4) is 0 Å². The molecular formula is C23H24ClFN4O2. The molecular weight excluding hydrogens is 419 g/mol. The van der Waals surface area contributed by atoms with Crippen LogP contribution in [-0.2, 0) is 13.1 Å². The van der Waals surface area contributed by atoms with Crippen molar-refractivity contribution >= 4 is 23.2 Å². The second kappa shape index (κ2) is 9.60. The molecule has 31 heavy (non-hydrogen) atoms. The van der Waals surface area contributed by atoms with Crippen LogP contribution in [0.2, 0.25) is 5.02 Å². The lowest BCUT2D eigenvalue weighted by atomic mass is 10.2. The zero-order valence-corrected chi connectivity index (χ0v) is 18.0. The van der Waals surface area contributed by atoms with Gasteiger partial charge in [-0.05, 0) is 42.3 Å². The standard InChI is InChI=1S/C23H24ClFN4O2/c1-16-2-7-19(12-20(16)24)26-23(30)21-15-31-22(27-21)14-29-10-8-28(9-11-29)13-17-3-5-18(25)6-4-17/h2-7,12,15H,8-11,13-14H2,1H3,(H,26,30). The highest BCUT2D eigenvalue weighted by Gasteiger charge is 2.20. The van der Waals surface area contributed by atoms with Crippen molar-refractivity contribution in [1.82, 2.24) is 14.8 Å². The van der Waals surface area contributed by atoms with Crippen molar-refractivity contribution in [3.05, 3.63) is 82.3 Å². The minimum absolute atomic E-state index is 0.213. The number of nitrogens with one attached hydrogen (secondary N) is 1. The third-order valence-corrected chi connectivity index (χ3v) is 5.76. The van der Waals surface area contributed by atoms with E-state index in [9.17, 15) is 9.18 Å². The molecule has 1 aliphatic heterocycles. The van der Waals surface area contributed by atoms with Gasteiger partial charge >= 0.3 is 0 Å². The van der Waals surface area contributed by atoms with Crippen LogP contribution < -0.4 is 5.32 Å². The van der Waals surface area contributed by atoms with Gasteiger partial charge in [0.15, 0.2) is 5.69 Å². The quantitative estimate of drug-likeness (QED) is 0.615. The van der Waals surface area contributed by atoms with E-state index < -0.39 is 0 Å². The maximum Gasteiger partial charge on any atom is 0.277 e. The van der Waals surface area contributed by atoms with E-state index in [0.717, 1.165) is 43.9 Å². The van der Waals surface area contributed by atoms with Crippen molar-refractivity contribution in [2.45, 2.75) is 20.0 Å². The van der Waals surface area contributed by atoms with Gasteiger partial charge in [-0.15, -0.1) is 0 Å². The maximum absolute atomic E-state index is 13.0. The Bertz CT molecular complexity index is 1050. The number of aryl methyl sites for hydroxylation is 1. The molecule has 0 saturated carbocycles. The summed E-state index contributed by atoms with van der Waals surface area (Å²) in [5.41, 5.74) is 2.90. The molecule has 6 nitrogen and oxygen atoms in total. The first-order valence-electron chi connectivity index (χ1n) is 10.2. The second-order valence-corrected chi connectivity index (χ2v) is 8.13. The number of halogens is 2. The fourth-order valence-electron chi connectivity index (χ4n) is 3.50. The average Bonchev–Trinajstić information content (AvgIpc) is 3.22. The largest absolute Gasteiger partial charge is 0.447 e. The number of rotatable bonds is 6. The van der Waals surface area contributed by atoms with E-state index in [2.05, 4.69) is 20.1 Å². The van der Waals surface area contributed by atoms with Crippen molar-refractivity contribution in [1.29, 1.82) is 0 Å². The number of anilines is 1. The normalized spacial score (nSPS) is 15.2. The molecule has 0 atom stereocenters. The Hall–Kier alpha value is -2.74. The number of carbonyl (C=O) groups excluding carboxylic acids is 1. The summed E-state index contributed by atoms with van der Waals surface area (Å²) in [7, 11) is 0. The van der Waals surface area contributed by atoms with E-state index in [4.69, 9.17) is 16.0 Å². The predicted octanol–water partition coefficient (Wildman–Crippen LogP) is 4.35. The highest BCUT2D eigenvalue weighted by Crippen LogP contribution is 2.20. The Morgan fingerprint density at radius 2 is 1.77 bits per heavy atom. The second-order valence-electron chi connectivity index (χ2n) is 7.72. The molecule has 2 heterocycles. The van der Waals surface area contributed by atoms with Gasteiger partial charge in [0.25, 0.3) is 5.91 Å². The van der Waals surface area contributed by atoms with Crippen LogP contribution >= 0.6 is 11.6 Å². The number of hydrogen-bond donors (Lipinski definition) is 1. The Morgan fingerprint density at radius 3 is 2.45 bits per heavy atom. The molecule has 1 amide bonds. The van der Waals surface area contributed by atoms with Crippen LogP contribution in [0.3, 0.4) is 0 Å². The first-order valence-corrected chi connectivity index (χ1v) is 10.5. The van der Waals surface area contributed by atoms with Crippen LogP contribution in [0, 0.1) is 12.7 Å². The van der Waals surface area contributed by atoms with Gasteiger partial charge in [0.2, 0.25) is 5.89 Å². The molecule has 2 aromatic carbocycles. The highest BCUT2D eigenvalue weighted by molar-refractivity contribution is 6.31. The molecule has 3 aromatic rings. The number of oxazole rings is 1. The fourth-order valence-corrected chi connectivity index (χ4v) is 3.68. The smallest absolute Gasteiger partial charge is 0.277 e. The van der Waals surface area contributed by atoms with Crippen molar-refractivity contribution in [2.75, 3.05) is 31.5 Å². The summed E-state index contributed by atoms with van der Waals surface area (Å²) in [6, 6.07) is 12.0. The SMILES string of the molecule is Cc1ccc(NC(=O)c2coc(CN3CCN(Cc4ccc(F)cc4)CC3)n2)cc1Cl. The topological polar surface area (TPSA) is 61.6 Å².